The van der Waals surface area contributed by atoms with Crippen LogP contribution in [0.15, 0.2) is 54.6 Å². The molecule has 1 fully saturated rings. The van der Waals surface area contributed by atoms with Crippen molar-refractivity contribution in [1.29, 1.82) is 0 Å². The van der Waals surface area contributed by atoms with Crippen LogP contribution in [0.4, 0.5) is 5.82 Å². The number of pyridine rings is 1. The topological polar surface area (TPSA) is 88.2 Å². The first-order valence-corrected chi connectivity index (χ1v) is 10.5. The van der Waals surface area contributed by atoms with Gasteiger partial charge in [0.2, 0.25) is 0 Å². The van der Waals surface area contributed by atoms with Crippen LogP contribution in [0.2, 0.25) is 0 Å². The molecule has 2 aromatic carbocycles. The van der Waals surface area contributed by atoms with Crippen molar-refractivity contribution >= 4 is 33.5 Å². The molecule has 1 saturated heterocycles. The second kappa shape index (κ2) is 7.92. The van der Waals surface area contributed by atoms with E-state index in [9.17, 15) is 4.79 Å². The maximum absolute atomic E-state index is 13.1. The van der Waals surface area contributed by atoms with E-state index in [-0.39, 0.29) is 5.91 Å². The van der Waals surface area contributed by atoms with Gasteiger partial charge >= 0.3 is 0 Å². The van der Waals surface area contributed by atoms with Crippen molar-refractivity contribution in [2.45, 2.75) is 13.5 Å². The van der Waals surface area contributed by atoms with E-state index in [1.807, 2.05) is 66.4 Å². The number of hydrogen-bond donors (Lipinski definition) is 1. The summed E-state index contributed by atoms with van der Waals surface area (Å²) in [6, 6.07) is 17.6. The highest BCUT2D eigenvalue weighted by atomic mass is 16.2. The lowest BCUT2D eigenvalue weighted by Crippen LogP contribution is -2.48. The van der Waals surface area contributed by atoms with Gasteiger partial charge in [0.25, 0.3) is 5.91 Å². The molecule has 5 rings (SSSR count). The van der Waals surface area contributed by atoms with Crippen molar-refractivity contribution in [3.8, 4) is 0 Å². The Bertz CT molecular complexity index is 1280. The number of benzene rings is 2. The van der Waals surface area contributed by atoms with Gasteiger partial charge in [0.05, 0.1) is 28.8 Å². The molecule has 2 N–H and O–H groups in total. The molecule has 1 amide bonds. The van der Waals surface area contributed by atoms with Gasteiger partial charge < -0.3 is 10.6 Å². The van der Waals surface area contributed by atoms with Crippen LogP contribution in [0.25, 0.3) is 21.8 Å². The Morgan fingerprint density at radius 3 is 2.45 bits per heavy atom. The summed E-state index contributed by atoms with van der Waals surface area (Å²) in [6.07, 6.45) is 0. The summed E-state index contributed by atoms with van der Waals surface area (Å²) in [4.78, 5) is 31.1. The molecule has 0 unspecified atom stereocenters. The van der Waals surface area contributed by atoms with Gasteiger partial charge in [-0.1, -0.05) is 30.3 Å². The highest BCUT2D eigenvalue weighted by Gasteiger charge is 2.24. The minimum Gasteiger partial charge on any atom is -0.383 e. The van der Waals surface area contributed by atoms with E-state index >= 15 is 0 Å². The minimum absolute atomic E-state index is 0.0432. The molecule has 0 spiro atoms. The van der Waals surface area contributed by atoms with Crippen LogP contribution in [0.3, 0.4) is 0 Å². The van der Waals surface area contributed by atoms with Gasteiger partial charge in [0.15, 0.2) is 0 Å². The third kappa shape index (κ3) is 3.80. The Morgan fingerprint density at radius 1 is 0.935 bits per heavy atom. The lowest BCUT2D eigenvalue weighted by atomic mass is 10.1. The summed E-state index contributed by atoms with van der Waals surface area (Å²) in [6.45, 7) is 5.37. The number of carbonyl (C=O) groups is 1. The average molecular weight is 412 g/mol. The van der Waals surface area contributed by atoms with Gasteiger partial charge in [-0.2, -0.15) is 0 Å². The van der Waals surface area contributed by atoms with E-state index in [4.69, 9.17) is 5.73 Å². The standard InChI is InChI=1S/C24H24N6O/c1-16-19(14-17-6-2-4-8-20(17)26-16)24(31)30-12-10-29(11-13-30)15-22-27-21-9-5-3-7-18(21)23(25)28-22/h2-9,14H,10-13,15H2,1H3,(H2,25,27,28). The van der Waals surface area contributed by atoms with Crippen molar-refractivity contribution in [2.24, 2.45) is 0 Å². The van der Waals surface area contributed by atoms with E-state index in [0.29, 0.717) is 36.8 Å². The van der Waals surface area contributed by atoms with Gasteiger partial charge in [0, 0.05) is 37.0 Å². The molecule has 156 valence electrons. The Hall–Kier alpha value is -3.58. The summed E-state index contributed by atoms with van der Waals surface area (Å²) in [5, 5.41) is 1.86. The molecule has 1 aliphatic heterocycles. The first-order chi connectivity index (χ1) is 15.1. The van der Waals surface area contributed by atoms with Gasteiger partial charge in [-0.05, 0) is 31.2 Å². The van der Waals surface area contributed by atoms with E-state index in [0.717, 1.165) is 40.6 Å². The number of hydrogen-bond acceptors (Lipinski definition) is 6. The fourth-order valence-electron chi connectivity index (χ4n) is 4.13. The number of piperazine rings is 1. The molecule has 7 heteroatoms. The maximum Gasteiger partial charge on any atom is 0.255 e. The lowest BCUT2D eigenvalue weighted by Gasteiger charge is -2.34. The van der Waals surface area contributed by atoms with Gasteiger partial charge in [0.1, 0.15) is 11.6 Å². The third-order valence-corrected chi connectivity index (χ3v) is 5.85. The third-order valence-electron chi connectivity index (χ3n) is 5.85. The minimum atomic E-state index is 0.0432. The predicted molar refractivity (Wildman–Crippen MR) is 122 cm³/mol. The first-order valence-electron chi connectivity index (χ1n) is 10.5. The molecule has 2 aromatic heterocycles. The summed E-state index contributed by atoms with van der Waals surface area (Å²) in [5.41, 5.74) is 9.33. The zero-order chi connectivity index (χ0) is 21.4. The Labute approximate surface area is 180 Å². The van der Waals surface area contributed by atoms with Crippen LogP contribution in [0.5, 0.6) is 0 Å². The number of nitrogens with two attached hydrogens (primary N) is 1. The molecule has 4 aromatic rings. The fourth-order valence-corrected chi connectivity index (χ4v) is 4.13. The second-order valence-corrected chi connectivity index (χ2v) is 7.92. The largest absolute Gasteiger partial charge is 0.383 e. The van der Waals surface area contributed by atoms with Crippen LogP contribution in [0.1, 0.15) is 21.9 Å². The summed E-state index contributed by atoms with van der Waals surface area (Å²) in [5.74, 6) is 1.26. The second-order valence-electron chi connectivity index (χ2n) is 7.92. The molecule has 7 nitrogen and oxygen atoms in total. The van der Waals surface area contributed by atoms with Crippen LogP contribution >= 0.6 is 0 Å². The average Bonchev–Trinajstić information content (AvgIpc) is 2.79. The number of nitrogens with zero attached hydrogens (tertiary/aromatic N) is 5. The van der Waals surface area contributed by atoms with Crippen molar-refractivity contribution in [3.63, 3.8) is 0 Å². The van der Waals surface area contributed by atoms with Crippen molar-refractivity contribution in [1.82, 2.24) is 24.8 Å². The smallest absolute Gasteiger partial charge is 0.255 e. The number of rotatable bonds is 3. The molecule has 0 saturated carbocycles. The Balaban J connectivity index is 1.27. The normalized spacial score (nSPS) is 14.9. The zero-order valence-corrected chi connectivity index (χ0v) is 17.5. The molecule has 0 aliphatic carbocycles. The van der Waals surface area contributed by atoms with E-state index < -0.39 is 0 Å². The SMILES string of the molecule is Cc1nc2ccccc2cc1C(=O)N1CCN(Cc2nc(N)c3ccccc3n2)CC1. The first kappa shape index (κ1) is 19.4. The molecular formula is C24H24N6O. The molecule has 1 aliphatic rings. The number of aryl methyl sites for hydroxylation is 1. The number of fused-ring (bicyclic) bond motifs is 2. The molecule has 0 radical (unpaired) electrons. The number of nitrogen functional groups attached to an aromatic ring is 1. The molecular weight excluding hydrogens is 388 g/mol. The maximum atomic E-state index is 13.1. The highest BCUT2D eigenvalue weighted by Crippen LogP contribution is 2.20. The summed E-state index contributed by atoms with van der Waals surface area (Å²) < 4.78 is 0. The molecule has 0 bridgehead atoms. The van der Waals surface area contributed by atoms with Crippen molar-refractivity contribution < 1.29 is 4.79 Å². The lowest BCUT2D eigenvalue weighted by molar-refractivity contribution is 0.0624. The summed E-state index contributed by atoms with van der Waals surface area (Å²) >= 11 is 0. The number of carbonyl (C=O) groups excluding carboxylic acids is 1. The quantitative estimate of drug-likeness (QED) is 0.556. The monoisotopic (exact) mass is 412 g/mol. The number of amides is 1. The van der Waals surface area contributed by atoms with Gasteiger partial charge in [-0.3, -0.25) is 14.7 Å². The van der Waals surface area contributed by atoms with Gasteiger partial charge in [-0.15, -0.1) is 0 Å². The van der Waals surface area contributed by atoms with Crippen molar-refractivity contribution in [3.05, 3.63) is 71.7 Å². The van der Waals surface area contributed by atoms with Crippen LogP contribution in [-0.4, -0.2) is 56.8 Å². The predicted octanol–water partition coefficient (Wildman–Crippen LogP) is 3.03. The van der Waals surface area contributed by atoms with Gasteiger partial charge in [-0.25, -0.2) is 9.97 Å². The molecule has 31 heavy (non-hydrogen) atoms. The number of anilines is 1. The summed E-state index contributed by atoms with van der Waals surface area (Å²) in [7, 11) is 0. The van der Waals surface area contributed by atoms with Crippen LogP contribution in [-0.2, 0) is 6.54 Å². The fraction of sp³-hybridized carbons (Fsp3) is 0.250. The highest BCUT2D eigenvalue weighted by molar-refractivity contribution is 5.98. The van der Waals surface area contributed by atoms with Crippen LogP contribution < -0.4 is 5.73 Å². The van der Waals surface area contributed by atoms with E-state index in [1.165, 1.54) is 0 Å². The van der Waals surface area contributed by atoms with E-state index in [1.54, 1.807) is 0 Å². The van der Waals surface area contributed by atoms with E-state index in [2.05, 4.69) is 19.9 Å². The number of para-hydroxylation sites is 2. The molecule has 3 heterocycles. The Morgan fingerprint density at radius 2 is 1.65 bits per heavy atom. The zero-order valence-electron chi connectivity index (χ0n) is 17.5. The van der Waals surface area contributed by atoms with Crippen molar-refractivity contribution in [2.75, 3.05) is 31.9 Å². The molecule has 0 atom stereocenters. The number of aromatic nitrogens is 3. The Kier molecular flexibility index (Phi) is 4.95. The van der Waals surface area contributed by atoms with Crippen LogP contribution in [0, 0.1) is 6.92 Å².